The van der Waals surface area contributed by atoms with Gasteiger partial charge in [-0.3, -0.25) is 14.7 Å². The van der Waals surface area contributed by atoms with Crippen molar-refractivity contribution in [3.05, 3.63) is 58.9 Å². The minimum Gasteiger partial charge on any atom is -0.353 e. The maximum atomic E-state index is 13.0. The second-order valence-corrected chi connectivity index (χ2v) is 8.86. The van der Waals surface area contributed by atoms with E-state index >= 15 is 0 Å². The Hall–Kier alpha value is -3.25. The molecule has 0 atom stereocenters. The third kappa shape index (κ3) is 5.22. The Kier molecular flexibility index (Phi) is 6.32. The van der Waals surface area contributed by atoms with Crippen molar-refractivity contribution in [3.63, 3.8) is 0 Å². The first kappa shape index (κ1) is 23.5. The molecule has 1 fully saturated rings. The highest BCUT2D eigenvalue weighted by molar-refractivity contribution is 6.29. The van der Waals surface area contributed by atoms with Gasteiger partial charge in [0.1, 0.15) is 11.0 Å². The van der Waals surface area contributed by atoms with Crippen LogP contribution in [0.5, 0.6) is 0 Å². The summed E-state index contributed by atoms with van der Waals surface area (Å²) in [5, 5.41) is 4.81. The molecular weight excluding hydrogens is 485 g/mol. The first-order chi connectivity index (χ1) is 16.8. The molecule has 5 heterocycles. The number of hydrogen-bond acceptors (Lipinski definition) is 7. The van der Waals surface area contributed by atoms with Gasteiger partial charge in [-0.15, -0.1) is 0 Å². The molecule has 1 saturated heterocycles. The van der Waals surface area contributed by atoms with Gasteiger partial charge in [0.25, 0.3) is 0 Å². The van der Waals surface area contributed by atoms with Gasteiger partial charge in [0.05, 0.1) is 30.2 Å². The van der Waals surface area contributed by atoms with Crippen LogP contribution in [-0.2, 0) is 23.9 Å². The van der Waals surface area contributed by atoms with Crippen LogP contribution >= 0.6 is 11.6 Å². The molecule has 3 aromatic heterocycles. The van der Waals surface area contributed by atoms with Crippen LogP contribution in [0.1, 0.15) is 16.8 Å². The number of pyridine rings is 1. The van der Waals surface area contributed by atoms with E-state index < -0.39 is 11.7 Å². The van der Waals surface area contributed by atoms with Crippen LogP contribution in [-0.4, -0.2) is 79.7 Å². The van der Waals surface area contributed by atoms with Gasteiger partial charge in [0.15, 0.2) is 5.82 Å². The van der Waals surface area contributed by atoms with Gasteiger partial charge in [-0.05, 0) is 12.1 Å². The van der Waals surface area contributed by atoms with Crippen LogP contribution in [0.2, 0.25) is 5.15 Å². The number of alkyl halides is 3. The van der Waals surface area contributed by atoms with Gasteiger partial charge < -0.3 is 9.80 Å². The quantitative estimate of drug-likeness (QED) is 0.537. The van der Waals surface area contributed by atoms with Crippen molar-refractivity contribution in [1.29, 1.82) is 0 Å². The zero-order chi connectivity index (χ0) is 24.6. The first-order valence-electron chi connectivity index (χ1n) is 11.1. The molecule has 5 rings (SSSR count). The van der Waals surface area contributed by atoms with Crippen molar-refractivity contribution in [2.45, 2.75) is 19.1 Å². The number of nitrogens with zero attached hydrogens (tertiary/aromatic N) is 8. The summed E-state index contributed by atoms with van der Waals surface area (Å²) in [6.07, 6.45) is 1.84. The number of rotatable bonds is 4. The van der Waals surface area contributed by atoms with E-state index in [4.69, 9.17) is 11.6 Å². The Morgan fingerprint density at radius 2 is 1.83 bits per heavy atom. The molecule has 2 aliphatic heterocycles. The molecule has 1 amide bonds. The summed E-state index contributed by atoms with van der Waals surface area (Å²) in [4.78, 5) is 31.2. The maximum absolute atomic E-state index is 13.0. The Morgan fingerprint density at radius 1 is 1.03 bits per heavy atom. The van der Waals surface area contributed by atoms with Gasteiger partial charge >= 0.3 is 6.18 Å². The fraction of sp³-hybridized carbons (Fsp3) is 0.409. The van der Waals surface area contributed by atoms with Gasteiger partial charge in [-0.1, -0.05) is 11.6 Å². The van der Waals surface area contributed by atoms with E-state index in [1.807, 2.05) is 0 Å². The largest absolute Gasteiger partial charge is 0.417 e. The van der Waals surface area contributed by atoms with E-state index in [0.717, 1.165) is 55.5 Å². The van der Waals surface area contributed by atoms with Crippen LogP contribution in [0, 0.1) is 0 Å². The zero-order valence-corrected chi connectivity index (χ0v) is 19.4. The average Bonchev–Trinajstić information content (AvgIpc) is 3.27. The molecule has 0 aromatic carbocycles. The molecule has 0 aliphatic carbocycles. The molecule has 35 heavy (non-hydrogen) atoms. The van der Waals surface area contributed by atoms with Crippen molar-refractivity contribution >= 4 is 23.3 Å². The molecule has 0 N–H and O–H groups in total. The summed E-state index contributed by atoms with van der Waals surface area (Å²) in [5.41, 5.74) is 0.888. The van der Waals surface area contributed by atoms with Gasteiger partial charge in [-0.2, -0.15) is 18.3 Å². The molecule has 0 bridgehead atoms. The predicted molar refractivity (Wildman–Crippen MR) is 121 cm³/mol. The third-order valence-electron chi connectivity index (χ3n) is 6.17. The summed E-state index contributed by atoms with van der Waals surface area (Å²) in [6.45, 7) is 4.15. The fourth-order valence-corrected chi connectivity index (χ4v) is 4.39. The van der Waals surface area contributed by atoms with E-state index in [2.05, 4.69) is 29.9 Å². The second kappa shape index (κ2) is 9.42. The monoisotopic (exact) mass is 506 g/mol. The summed E-state index contributed by atoms with van der Waals surface area (Å²) in [6, 6.07) is 2.27. The SMILES string of the molecule is O=C(CN1CCN(c2cncc(Cl)n2)CC1)N1CCc2nn(-c3ccc(C(F)(F)F)cn3)cc2C1. The summed E-state index contributed by atoms with van der Waals surface area (Å²) >= 11 is 5.93. The Morgan fingerprint density at radius 3 is 2.51 bits per heavy atom. The Labute approximate surface area is 204 Å². The molecule has 13 heteroatoms. The highest BCUT2D eigenvalue weighted by Crippen LogP contribution is 2.29. The molecule has 0 spiro atoms. The van der Waals surface area contributed by atoms with Crippen LogP contribution in [0.4, 0.5) is 19.0 Å². The topological polar surface area (TPSA) is 83.3 Å². The number of piperazine rings is 1. The minimum absolute atomic E-state index is 0.0343. The molecular formula is C22H22ClF3N8O. The summed E-state index contributed by atoms with van der Waals surface area (Å²) in [7, 11) is 0. The lowest BCUT2D eigenvalue weighted by atomic mass is 10.1. The third-order valence-corrected chi connectivity index (χ3v) is 6.35. The number of amides is 1. The molecule has 0 radical (unpaired) electrons. The van der Waals surface area contributed by atoms with Gasteiger partial charge in [0.2, 0.25) is 5.91 Å². The lowest BCUT2D eigenvalue weighted by Crippen LogP contribution is -2.50. The van der Waals surface area contributed by atoms with Gasteiger partial charge in [-0.25, -0.2) is 14.6 Å². The Bertz CT molecular complexity index is 1210. The number of aromatic nitrogens is 5. The molecule has 184 valence electrons. The van der Waals surface area contributed by atoms with E-state index in [1.54, 1.807) is 17.3 Å². The second-order valence-electron chi connectivity index (χ2n) is 8.48. The average molecular weight is 507 g/mol. The molecule has 9 nitrogen and oxygen atoms in total. The van der Waals surface area contributed by atoms with Crippen LogP contribution in [0.25, 0.3) is 5.82 Å². The predicted octanol–water partition coefficient (Wildman–Crippen LogP) is 2.44. The van der Waals surface area contributed by atoms with Gasteiger partial charge in [0, 0.05) is 63.6 Å². The molecule has 2 aliphatic rings. The van der Waals surface area contributed by atoms with Crippen molar-refractivity contribution in [2.24, 2.45) is 0 Å². The zero-order valence-electron chi connectivity index (χ0n) is 18.6. The maximum Gasteiger partial charge on any atom is 0.417 e. The number of halogens is 4. The van der Waals surface area contributed by atoms with Crippen molar-refractivity contribution in [3.8, 4) is 5.82 Å². The molecule has 0 saturated carbocycles. The number of anilines is 1. The molecule has 0 unspecified atom stereocenters. The van der Waals surface area contributed by atoms with Crippen LogP contribution in [0.3, 0.4) is 0 Å². The summed E-state index contributed by atoms with van der Waals surface area (Å²) in [5.74, 6) is 1.06. The van der Waals surface area contributed by atoms with Crippen LogP contribution < -0.4 is 4.90 Å². The highest BCUT2D eigenvalue weighted by atomic mass is 35.5. The molecule has 3 aromatic rings. The van der Waals surface area contributed by atoms with Crippen molar-refractivity contribution < 1.29 is 18.0 Å². The number of hydrogen-bond donors (Lipinski definition) is 0. The van der Waals surface area contributed by atoms with E-state index in [-0.39, 0.29) is 5.91 Å². The first-order valence-corrected chi connectivity index (χ1v) is 11.5. The van der Waals surface area contributed by atoms with E-state index in [1.165, 1.54) is 16.9 Å². The standard InChI is InChI=1S/C22H22ClF3N8O/c23-18-10-27-11-20(29-18)32-7-5-31(6-8-32)14-21(35)33-4-3-17-15(12-33)13-34(30-17)19-2-1-16(9-28-19)22(24,25)26/h1-2,9-11,13H,3-8,12,14H2. The Balaban J connectivity index is 1.17. The summed E-state index contributed by atoms with van der Waals surface area (Å²) < 4.78 is 39.8. The van der Waals surface area contributed by atoms with Crippen molar-refractivity contribution in [2.75, 3.05) is 44.2 Å². The highest BCUT2D eigenvalue weighted by Gasteiger charge is 2.31. The lowest BCUT2D eigenvalue weighted by Gasteiger charge is -2.36. The lowest BCUT2D eigenvalue weighted by molar-refractivity contribution is -0.138. The van der Waals surface area contributed by atoms with E-state index in [0.29, 0.717) is 37.0 Å². The van der Waals surface area contributed by atoms with Crippen molar-refractivity contribution in [1.82, 2.24) is 34.5 Å². The minimum atomic E-state index is -4.44. The number of carbonyl (C=O) groups excluding carboxylic acids is 1. The number of carbonyl (C=O) groups is 1. The normalized spacial score (nSPS) is 16.9. The van der Waals surface area contributed by atoms with E-state index in [9.17, 15) is 18.0 Å². The fourth-order valence-electron chi connectivity index (χ4n) is 4.24. The van der Waals surface area contributed by atoms with Crippen LogP contribution in [0.15, 0.2) is 36.9 Å². The number of fused-ring (bicyclic) bond motifs is 1. The smallest absolute Gasteiger partial charge is 0.353 e.